The van der Waals surface area contributed by atoms with Crippen molar-refractivity contribution in [1.29, 1.82) is 0 Å². The summed E-state index contributed by atoms with van der Waals surface area (Å²) in [6.07, 6.45) is 7.86. The fourth-order valence-electron chi connectivity index (χ4n) is 4.04. The number of benzene rings is 1. The van der Waals surface area contributed by atoms with E-state index in [1.807, 2.05) is 6.07 Å². The molecule has 2 fully saturated rings. The van der Waals surface area contributed by atoms with E-state index in [2.05, 4.69) is 22.3 Å². The average Bonchev–Trinajstić information content (AvgIpc) is 2.57. The smallest absolute Gasteiger partial charge is 0.0595 e. The Labute approximate surface area is 144 Å². The van der Waals surface area contributed by atoms with Crippen molar-refractivity contribution in [3.05, 3.63) is 33.8 Å². The first-order valence-electron chi connectivity index (χ1n) is 8.58. The van der Waals surface area contributed by atoms with Gasteiger partial charge in [-0.1, -0.05) is 48.5 Å². The van der Waals surface area contributed by atoms with Gasteiger partial charge in [0.05, 0.1) is 10.0 Å². The number of nitrogens with zero attached hydrogens (tertiary/aromatic N) is 1. The fraction of sp³-hybridized carbons (Fsp3) is 0.667. The van der Waals surface area contributed by atoms with Crippen LogP contribution in [-0.4, -0.2) is 37.6 Å². The lowest BCUT2D eigenvalue weighted by molar-refractivity contribution is 0.189. The Kier molecular flexibility index (Phi) is 5.67. The van der Waals surface area contributed by atoms with Crippen LogP contribution in [0.3, 0.4) is 0 Å². The zero-order valence-electron chi connectivity index (χ0n) is 13.2. The average molecular weight is 341 g/mol. The number of nitrogens with one attached hydrogen (secondary N) is 1. The first-order valence-corrected chi connectivity index (χ1v) is 9.34. The predicted molar refractivity (Wildman–Crippen MR) is 95.2 cm³/mol. The second-order valence-corrected chi connectivity index (χ2v) is 7.63. The Morgan fingerprint density at radius 1 is 1.00 bits per heavy atom. The minimum absolute atomic E-state index is 0.303. The molecule has 2 nitrogen and oxygen atoms in total. The molecule has 3 rings (SSSR count). The lowest BCUT2D eigenvalue weighted by Crippen LogP contribution is -2.45. The van der Waals surface area contributed by atoms with E-state index in [1.165, 1.54) is 63.7 Å². The van der Waals surface area contributed by atoms with Gasteiger partial charge in [-0.25, -0.2) is 0 Å². The molecule has 1 aliphatic heterocycles. The number of piperazine rings is 1. The Morgan fingerprint density at radius 3 is 2.41 bits per heavy atom. The third-order valence-electron chi connectivity index (χ3n) is 5.46. The van der Waals surface area contributed by atoms with Crippen LogP contribution < -0.4 is 5.32 Å². The number of hydrogen-bond donors (Lipinski definition) is 1. The van der Waals surface area contributed by atoms with Crippen molar-refractivity contribution in [2.24, 2.45) is 0 Å². The van der Waals surface area contributed by atoms with Gasteiger partial charge >= 0.3 is 0 Å². The molecular formula is C18H26Cl2N2. The van der Waals surface area contributed by atoms with Crippen molar-refractivity contribution in [1.82, 2.24) is 10.2 Å². The summed E-state index contributed by atoms with van der Waals surface area (Å²) in [6.45, 7) is 5.80. The highest BCUT2D eigenvalue weighted by molar-refractivity contribution is 6.42. The van der Waals surface area contributed by atoms with Crippen LogP contribution in [0, 0.1) is 0 Å². The van der Waals surface area contributed by atoms with Crippen LogP contribution in [0.1, 0.15) is 44.1 Å². The maximum atomic E-state index is 6.29. The normalized spacial score (nSPS) is 22.6. The first kappa shape index (κ1) is 16.6. The van der Waals surface area contributed by atoms with Crippen molar-refractivity contribution in [2.75, 3.05) is 32.7 Å². The van der Waals surface area contributed by atoms with Gasteiger partial charge in [-0.3, -0.25) is 0 Å². The van der Waals surface area contributed by atoms with E-state index in [9.17, 15) is 0 Å². The summed E-state index contributed by atoms with van der Waals surface area (Å²) < 4.78 is 0. The van der Waals surface area contributed by atoms with E-state index in [0.29, 0.717) is 15.5 Å². The quantitative estimate of drug-likeness (QED) is 0.868. The first-order chi connectivity index (χ1) is 10.7. The molecule has 2 aliphatic rings. The van der Waals surface area contributed by atoms with E-state index >= 15 is 0 Å². The number of hydrogen-bond acceptors (Lipinski definition) is 2. The molecule has 4 heteroatoms. The summed E-state index contributed by atoms with van der Waals surface area (Å²) in [7, 11) is 0. The van der Waals surface area contributed by atoms with Crippen LogP contribution in [0.25, 0.3) is 0 Å². The van der Waals surface area contributed by atoms with Crippen molar-refractivity contribution in [3.63, 3.8) is 0 Å². The molecule has 0 amide bonds. The van der Waals surface area contributed by atoms with Gasteiger partial charge in [0, 0.05) is 26.2 Å². The summed E-state index contributed by atoms with van der Waals surface area (Å²) >= 11 is 12.4. The highest BCUT2D eigenvalue weighted by Crippen LogP contribution is 2.43. The van der Waals surface area contributed by atoms with Crippen LogP contribution in [0.2, 0.25) is 10.0 Å². The Hall–Kier alpha value is -0.280. The molecule has 0 radical (unpaired) electrons. The molecule has 1 aromatic carbocycles. The molecule has 0 spiro atoms. The Bertz CT molecular complexity index is 492. The van der Waals surface area contributed by atoms with Gasteiger partial charge in [-0.05, 0) is 48.9 Å². The SMILES string of the molecule is Clc1ccc(C2(CCN3CCNCC3)CCCCC2)cc1Cl. The largest absolute Gasteiger partial charge is 0.314 e. The lowest BCUT2D eigenvalue weighted by atomic mass is 9.67. The summed E-state index contributed by atoms with van der Waals surface area (Å²) in [5.41, 5.74) is 1.70. The van der Waals surface area contributed by atoms with Gasteiger partial charge in [-0.15, -0.1) is 0 Å². The summed E-state index contributed by atoms with van der Waals surface area (Å²) in [5, 5.41) is 4.80. The van der Waals surface area contributed by atoms with E-state index in [4.69, 9.17) is 23.2 Å². The van der Waals surface area contributed by atoms with Crippen molar-refractivity contribution >= 4 is 23.2 Å². The van der Waals surface area contributed by atoms with Gasteiger partial charge in [0.25, 0.3) is 0 Å². The monoisotopic (exact) mass is 340 g/mol. The van der Waals surface area contributed by atoms with Gasteiger partial charge in [0.2, 0.25) is 0 Å². The zero-order chi connectivity index (χ0) is 15.4. The molecule has 1 heterocycles. The maximum absolute atomic E-state index is 6.29. The van der Waals surface area contributed by atoms with E-state index in [1.54, 1.807) is 0 Å². The van der Waals surface area contributed by atoms with Crippen LogP contribution in [0.15, 0.2) is 18.2 Å². The molecule has 0 aromatic heterocycles. The Balaban J connectivity index is 1.76. The highest BCUT2D eigenvalue weighted by atomic mass is 35.5. The predicted octanol–water partition coefficient (Wildman–Crippen LogP) is 4.49. The molecule has 1 saturated heterocycles. The molecule has 0 atom stereocenters. The zero-order valence-corrected chi connectivity index (χ0v) is 14.7. The third-order valence-corrected chi connectivity index (χ3v) is 6.20. The van der Waals surface area contributed by atoms with Crippen LogP contribution in [-0.2, 0) is 5.41 Å². The topological polar surface area (TPSA) is 15.3 Å². The van der Waals surface area contributed by atoms with Crippen LogP contribution in [0.5, 0.6) is 0 Å². The summed E-state index contributed by atoms with van der Waals surface area (Å²) in [5.74, 6) is 0. The molecule has 1 saturated carbocycles. The summed E-state index contributed by atoms with van der Waals surface area (Å²) in [6, 6.07) is 6.30. The minimum atomic E-state index is 0.303. The van der Waals surface area contributed by atoms with Crippen molar-refractivity contribution in [2.45, 2.75) is 43.9 Å². The van der Waals surface area contributed by atoms with Crippen molar-refractivity contribution < 1.29 is 0 Å². The number of rotatable bonds is 4. The second-order valence-electron chi connectivity index (χ2n) is 6.81. The van der Waals surface area contributed by atoms with E-state index < -0.39 is 0 Å². The molecule has 0 unspecified atom stereocenters. The molecular weight excluding hydrogens is 315 g/mol. The molecule has 1 N–H and O–H groups in total. The highest BCUT2D eigenvalue weighted by Gasteiger charge is 2.34. The van der Waals surface area contributed by atoms with Crippen LogP contribution >= 0.6 is 23.2 Å². The lowest BCUT2D eigenvalue weighted by Gasteiger charge is -2.40. The fourth-order valence-corrected chi connectivity index (χ4v) is 4.34. The molecule has 1 aliphatic carbocycles. The Morgan fingerprint density at radius 2 is 1.73 bits per heavy atom. The molecule has 0 bridgehead atoms. The summed E-state index contributed by atoms with van der Waals surface area (Å²) in [4.78, 5) is 2.60. The number of halogens is 2. The molecule has 122 valence electrons. The van der Waals surface area contributed by atoms with Gasteiger partial charge in [-0.2, -0.15) is 0 Å². The van der Waals surface area contributed by atoms with Crippen LogP contribution in [0.4, 0.5) is 0 Å². The van der Waals surface area contributed by atoms with Crippen molar-refractivity contribution in [3.8, 4) is 0 Å². The van der Waals surface area contributed by atoms with Gasteiger partial charge < -0.3 is 10.2 Å². The molecule has 1 aromatic rings. The maximum Gasteiger partial charge on any atom is 0.0595 e. The standard InChI is InChI=1S/C18H26Cl2N2/c19-16-5-4-15(14-17(16)20)18(6-2-1-3-7-18)8-11-22-12-9-21-10-13-22/h4-5,14,21H,1-3,6-13H2. The van der Waals surface area contributed by atoms with Gasteiger partial charge in [0.15, 0.2) is 0 Å². The third kappa shape index (κ3) is 3.79. The van der Waals surface area contributed by atoms with Gasteiger partial charge in [0.1, 0.15) is 0 Å². The molecule has 22 heavy (non-hydrogen) atoms. The van der Waals surface area contributed by atoms with E-state index in [0.717, 1.165) is 13.1 Å². The second kappa shape index (κ2) is 7.53. The van der Waals surface area contributed by atoms with E-state index in [-0.39, 0.29) is 0 Å². The minimum Gasteiger partial charge on any atom is -0.314 e.